The maximum atomic E-state index is 5.24. The first-order chi connectivity index (χ1) is 15.8. The van der Waals surface area contributed by atoms with E-state index in [9.17, 15) is 0 Å². The summed E-state index contributed by atoms with van der Waals surface area (Å²) in [7, 11) is 0. The summed E-state index contributed by atoms with van der Waals surface area (Å²) in [4.78, 5) is 18.5. The SMILES string of the molecule is c1ccc(Cc2nc(N3CCN(C4CCCCC4)CC3)c3c4c(sc3n2)CCCC4)cc1. The molecule has 0 unspecified atom stereocenters. The third kappa shape index (κ3) is 4.06. The molecule has 0 N–H and O–H groups in total. The molecule has 1 saturated carbocycles. The summed E-state index contributed by atoms with van der Waals surface area (Å²) in [5.74, 6) is 2.20. The van der Waals surface area contributed by atoms with Gasteiger partial charge in [-0.15, -0.1) is 11.3 Å². The molecular formula is C27H34N4S. The summed E-state index contributed by atoms with van der Waals surface area (Å²) >= 11 is 1.94. The zero-order valence-electron chi connectivity index (χ0n) is 19.1. The van der Waals surface area contributed by atoms with Crippen molar-refractivity contribution in [3.8, 4) is 0 Å². The van der Waals surface area contributed by atoms with Crippen molar-refractivity contribution in [2.24, 2.45) is 0 Å². The number of aryl methyl sites for hydroxylation is 2. The minimum absolute atomic E-state index is 0.814. The lowest BCUT2D eigenvalue weighted by atomic mass is 9.93. The lowest BCUT2D eigenvalue weighted by molar-refractivity contribution is 0.148. The van der Waals surface area contributed by atoms with E-state index >= 15 is 0 Å². The molecule has 4 nitrogen and oxygen atoms in total. The van der Waals surface area contributed by atoms with Gasteiger partial charge in [0, 0.05) is 43.5 Å². The van der Waals surface area contributed by atoms with Crippen LogP contribution < -0.4 is 4.90 Å². The fourth-order valence-electron chi connectivity index (χ4n) is 6.01. The van der Waals surface area contributed by atoms with E-state index in [2.05, 4.69) is 40.1 Å². The summed E-state index contributed by atoms with van der Waals surface area (Å²) in [5, 5.41) is 1.38. The average molecular weight is 447 g/mol. The third-order valence-corrected chi connectivity index (χ3v) is 8.94. The number of fused-ring (bicyclic) bond motifs is 3. The van der Waals surface area contributed by atoms with Gasteiger partial charge in [0.15, 0.2) is 0 Å². The zero-order chi connectivity index (χ0) is 21.3. The van der Waals surface area contributed by atoms with Crippen LogP contribution in [-0.2, 0) is 19.3 Å². The highest BCUT2D eigenvalue weighted by Crippen LogP contribution is 2.40. The Morgan fingerprint density at radius 3 is 2.44 bits per heavy atom. The van der Waals surface area contributed by atoms with E-state index in [0.717, 1.165) is 31.4 Å². The number of aromatic nitrogens is 2. The Kier molecular flexibility index (Phi) is 5.87. The van der Waals surface area contributed by atoms with Crippen LogP contribution in [0.15, 0.2) is 30.3 Å². The highest BCUT2D eigenvalue weighted by Gasteiger charge is 2.29. The molecule has 0 radical (unpaired) electrons. The van der Waals surface area contributed by atoms with Gasteiger partial charge in [0.1, 0.15) is 16.5 Å². The molecule has 0 amide bonds. The summed E-state index contributed by atoms with van der Waals surface area (Å²) in [5.41, 5.74) is 2.86. The van der Waals surface area contributed by atoms with E-state index in [1.54, 1.807) is 10.4 Å². The monoisotopic (exact) mass is 446 g/mol. The topological polar surface area (TPSA) is 32.3 Å². The number of benzene rings is 1. The van der Waals surface area contributed by atoms with Crippen LogP contribution in [0.4, 0.5) is 5.82 Å². The molecule has 2 aliphatic carbocycles. The van der Waals surface area contributed by atoms with Gasteiger partial charge in [0.05, 0.1) is 5.39 Å². The molecule has 168 valence electrons. The molecule has 3 aliphatic rings. The maximum absolute atomic E-state index is 5.24. The van der Waals surface area contributed by atoms with Crippen molar-refractivity contribution in [2.45, 2.75) is 70.3 Å². The van der Waals surface area contributed by atoms with Crippen molar-refractivity contribution in [3.63, 3.8) is 0 Å². The fourth-order valence-corrected chi connectivity index (χ4v) is 7.29. The first kappa shape index (κ1) is 20.6. The Hall–Kier alpha value is -1.98. The number of rotatable bonds is 4. The van der Waals surface area contributed by atoms with E-state index in [-0.39, 0.29) is 0 Å². The molecule has 0 spiro atoms. The Labute approximate surface area is 195 Å². The molecule has 0 atom stereocenters. The molecule has 32 heavy (non-hydrogen) atoms. The van der Waals surface area contributed by atoms with Gasteiger partial charge in [-0.1, -0.05) is 49.6 Å². The normalized spacial score (nSPS) is 20.6. The largest absolute Gasteiger partial charge is 0.353 e. The lowest BCUT2D eigenvalue weighted by Crippen LogP contribution is -2.51. The molecule has 6 rings (SSSR count). The number of piperazine rings is 1. The Morgan fingerprint density at radius 1 is 0.844 bits per heavy atom. The van der Waals surface area contributed by atoms with Gasteiger partial charge in [0.2, 0.25) is 0 Å². The van der Waals surface area contributed by atoms with Crippen LogP contribution in [-0.4, -0.2) is 47.1 Å². The molecule has 3 aromatic rings. The average Bonchev–Trinajstić information content (AvgIpc) is 3.23. The van der Waals surface area contributed by atoms with Gasteiger partial charge in [-0.05, 0) is 49.7 Å². The maximum Gasteiger partial charge on any atom is 0.141 e. The summed E-state index contributed by atoms with van der Waals surface area (Å²) in [6.07, 6.45) is 12.9. The van der Waals surface area contributed by atoms with E-state index < -0.39 is 0 Å². The molecule has 1 saturated heterocycles. The Bertz CT molecular complexity index is 1060. The van der Waals surface area contributed by atoms with Gasteiger partial charge in [-0.2, -0.15) is 0 Å². The molecule has 3 heterocycles. The van der Waals surface area contributed by atoms with Crippen LogP contribution in [0, 0.1) is 0 Å². The minimum Gasteiger partial charge on any atom is -0.353 e. The van der Waals surface area contributed by atoms with E-state index in [4.69, 9.17) is 9.97 Å². The van der Waals surface area contributed by atoms with Crippen LogP contribution in [0.2, 0.25) is 0 Å². The summed E-state index contributed by atoms with van der Waals surface area (Å²) in [6, 6.07) is 11.5. The first-order valence-electron chi connectivity index (χ1n) is 12.7. The van der Waals surface area contributed by atoms with Crippen LogP contribution in [0.1, 0.15) is 66.8 Å². The number of nitrogens with zero attached hydrogens (tertiary/aromatic N) is 4. The van der Waals surface area contributed by atoms with E-state index in [1.807, 2.05) is 11.3 Å². The van der Waals surface area contributed by atoms with Gasteiger partial charge < -0.3 is 4.90 Å². The fraction of sp³-hybridized carbons (Fsp3) is 0.556. The van der Waals surface area contributed by atoms with Crippen LogP contribution in [0.25, 0.3) is 10.2 Å². The molecule has 5 heteroatoms. The number of hydrogen-bond acceptors (Lipinski definition) is 5. The molecule has 1 aliphatic heterocycles. The highest BCUT2D eigenvalue weighted by atomic mass is 32.1. The number of anilines is 1. The first-order valence-corrected chi connectivity index (χ1v) is 13.5. The number of hydrogen-bond donors (Lipinski definition) is 0. The second kappa shape index (κ2) is 9.11. The predicted octanol–water partition coefficient (Wildman–Crippen LogP) is 5.62. The molecule has 2 fully saturated rings. The highest BCUT2D eigenvalue weighted by molar-refractivity contribution is 7.19. The van der Waals surface area contributed by atoms with Crippen molar-refractivity contribution in [3.05, 3.63) is 52.2 Å². The standard InChI is InChI=1S/C27H34N4S/c1-3-9-20(10-4-1)19-24-28-26(25-22-13-7-8-14-23(22)32-27(25)29-24)31-17-15-30(16-18-31)21-11-5-2-6-12-21/h1,3-4,9-10,21H,2,5-8,11-19H2. The summed E-state index contributed by atoms with van der Waals surface area (Å²) < 4.78 is 0. The molecular weight excluding hydrogens is 412 g/mol. The van der Waals surface area contributed by atoms with Crippen LogP contribution in [0.5, 0.6) is 0 Å². The Morgan fingerprint density at radius 2 is 1.62 bits per heavy atom. The Balaban J connectivity index is 1.32. The van der Waals surface area contributed by atoms with Gasteiger partial charge in [0.25, 0.3) is 0 Å². The smallest absolute Gasteiger partial charge is 0.141 e. The van der Waals surface area contributed by atoms with Crippen molar-refractivity contribution >= 4 is 27.4 Å². The van der Waals surface area contributed by atoms with E-state index in [0.29, 0.717) is 0 Å². The quantitative estimate of drug-likeness (QED) is 0.521. The molecule has 0 bridgehead atoms. The van der Waals surface area contributed by atoms with E-state index in [1.165, 1.54) is 92.5 Å². The van der Waals surface area contributed by atoms with Gasteiger partial charge in [-0.25, -0.2) is 9.97 Å². The van der Waals surface area contributed by atoms with Crippen molar-refractivity contribution in [1.29, 1.82) is 0 Å². The molecule has 1 aromatic carbocycles. The second-order valence-electron chi connectivity index (χ2n) is 9.83. The zero-order valence-corrected chi connectivity index (χ0v) is 19.9. The third-order valence-electron chi connectivity index (χ3n) is 7.75. The minimum atomic E-state index is 0.814. The summed E-state index contributed by atoms with van der Waals surface area (Å²) in [6.45, 7) is 4.54. The predicted molar refractivity (Wildman–Crippen MR) is 134 cm³/mol. The number of thiophene rings is 1. The lowest BCUT2D eigenvalue weighted by Gasteiger charge is -2.41. The molecule has 2 aromatic heterocycles. The van der Waals surface area contributed by atoms with Crippen LogP contribution >= 0.6 is 11.3 Å². The van der Waals surface area contributed by atoms with Crippen molar-refractivity contribution in [1.82, 2.24) is 14.9 Å². The second-order valence-corrected chi connectivity index (χ2v) is 10.9. The van der Waals surface area contributed by atoms with Gasteiger partial charge in [-0.3, -0.25) is 4.90 Å². The van der Waals surface area contributed by atoms with Crippen LogP contribution in [0.3, 0.4) is 0 Å². The van der Waals surface area contributed by atoms with Crippen molar-refractivity contribution < 1.29 is 0 Å². The van der Waals surface area contributed by atoms with Gasteiger partial charge >= 0.3 is 0 Å². The van der Waals surface area contributed by atoms with Crippen molar-refractivity contribution in [2.75, 3.05) is 31.1 Å².